The Morgan fingerprint density at radius 1 is 1.20 bits per heavy atom. The standard InChI is InChI=1S/C16H27NO3/c1-4-16(19,5-2)12-17-10-14(18)11-20-15-8-6-13(3)7-9-15/h6-9,14,17-19H,4-5,10-12H2,1-3H3. The van der Waals surface area contributed by atoms with E-state index in [1.54, 1.807) is 0 Å². The van der Waals surface area contributed by atoms with Gasteiger partial charge < -0.3 is 20.3 Å². The highest BCUT2D eigenvalue weighted by Gasteiger charge is 2.21. The van der Waals surface area contributed by atoms with Crippen LogP contribution in [0.4, 0.5) is 0 Å². The first kappa shape index (κ1) is 17.0. The van der Waals surface area contributed by atoms with Crippen molar-refractivity contribution in [3.8, 4) is 5.75 Å². The van der Waals surface area contributed by atoms with Gasteiger partial charge in [-0.05, 0) is 31.9 Å². The molecule has 0 aromatic heterocycles. The van der Waals surface area contributed by atoms with Crippen LogP contribution in [-0.4, -0.2) is 41.6 Å². The van der Waals surface area contributed by atoms with Crippen molar-refractivity contribution in [2.45, 2.75) is 45.3 Å². The summed E-state index contributed by atoms with van der Waals surface area (Å²) >= 11 is 0. The molecule has 0 heterocycles. The highest BCUT2D eigenvalue weighted by molar-refractivity contribution is 5.26. The molecular weight excluding hydrogens is 254 g/mol. The summed E-state index contributed by atoms with van der Waals surface area (Å²) in [4.78, 5) is 0. The second kappa shape index (κ2) is 8.25. The summed E-state index contributed by atoms with van der Waals surface area (Å²) in [5.74, 6) is 0.758. The van der Waals surface area contributed by atoms with Crippen molar-refractivity contribution in [2.24, 2.45) is 0 Å². The van der Waals surface area contributed by atoms with Crippen molar-refractivity contribution in [3.05, 3.63) is 29.8 Å². The zero-order valence-corrected chi connectivity index (χ0v) is 12.7. The van der Waals surface area contributed by atoms with Gasteiger partial charge in [0.15, 0.2) is 0 Å². The monoisotopic (exact) mass is 281 g/mol. The van der Waals surface area contributed by atoms with E-state index < -0.39 is 11.7 Å². The van der Waals surface area contributed by atoms with Crippen molar-refractivity contribution in [1.82, 2.24) is 5.32 Å². The Morgan fingerprint density at radius 2 is 1.80 bits per heavy atom. The van der Waals surface area contributed by atoms with Gasteiger partial charge >= 0.3 is 0 Å². The molecule has 1 aromatic rings. The Bertz CT molecular complexity index is 374. The molecule has 1 rings (SSSR count). The summed E-state index contributed by atoms with van der Waals surface area (Å²) in [5, 5.41) is 23.0. The first-order valence-corrected chi connectivity index (χ1v) is 7.29. The van der Waals surface area contributed by atoms with Gasteiger partial charge in [0.05, 0.1) is 5.60 Å². The van der Waals surface area contributed by atoms with E-state index in [4.69, 9.17) is 4.74 Å². The minimum atomic E-state index is -0.683. The van der Waals surface area contributed by atoms with Crippen LogP contribution in [0.15, 0.2) is 24.3 Å². The molecule has 0 spiro atoms. The normalized spacial score (nSPS) is 13.2. The molecule has 0 bridgehead atoms. The van der Waals surface area contributed by atoms with Gasteiger partial charge in [0, 0.05) is 13.1 Å². The molecule has 20 heavy (non-hydrogen) atoms. The third-order valence-electron chi connectivity index (χ3n) is 3.61. The second-order valence-electron chi connectivity index (χ2n) is 5.34. The zero-order chi connectivity index (χ0) is 15.0. The van der Waals surface area contributed by atoms with E-state index in [2.05, 4.69) is 5.32 Å². The molecule has 0 aliphatic carbocycles. The minimum Gasteiger partial charge on any atom is -0.491 e. The third-order valence-corrected chi connectivity index (χ3v) is 3.61. The van der Waals surface area contributed by atoms with E-state index in [1.165, 1.54) is 5.56 Å². The molecule has 1 aromatic carbocycles. The van der Waals surface area contributed by atoms with Crippen LogP contribution in [0.5, 0.6) is 5.75 Å². The molecule has 3 N–H and O–H groups in total. The number of hydrogen-bond donors (Lipinski definition) is 3. The summed E-state index contributed by atoms with van der Waals surface area (Å²) in [7, 11) is 0. The van der Waals surface area contributed by atoms with Gasteiger partial charge in [0.2, 0.25) is 0 Å². The second-order valence-corrected chi connectivity index (χ2v) is 5.34. The van der Waals surface area contributed by atoms with E-state index in [-0.39, 0.29) is 6.61 Å². The van der Waals surface area contributed by atoms with Gasteiger partial charge in [0.25, 0.3) is 0 Å². The minimum absolute atomic E-state index is 0.243. The van der Waals surface area contributed by atoms with Crippen molar-refractivity contribution >= 4 is 0 Å². The largest absolute Gasteiger partial charge is 0.491 e. The quantitative estimate of drug-likeness (QED) is 0.647. The Hall–Kier alpha value is -1.10. The number of ether oxygens (including phenoxy) is 1. The highest BCUT2D eigenvalue weighted by Crippen LogP contribution is 2.13. The number of benzene rings is 1. The average Bonchev–Trinajstić information content (AvgIpc) is 2.46. The van der Waals surface area contributed by atoms with Crippen LogP contribution < -0.4 is 10.1 Å². The lowest BCUT2D eigenvalue weighted by Crippen LogP contribution is -2.43. The van der Waals surface area contributed by atoms with E-state index in [9.17, 15) is 10.2 Å². The van der Waals surface area contributed by atoms with Gasteiger partial charge in [-0.25, -0.2) is 0 Å². The van der Waals surface area contributed by atoms with Crippen LogP contribution in [0, 0.1) is 6.92 Å². The number of aliphatic hydroxyl groups excluding tert-OH is 1. The lowest BCUT2D eigenvalue weighted by molar-refractivity contribution is 0.0270. The molecule has 0 amide bonds. The lowest BCUT2D eigenvalue weighted by atomic mass is 9.97. The lowest BCUT2D eigenvalue weighted by Gasteiger charge is -2.26. The molecule has 0 saturated carbocycles. The van der Waals surface area contributed by atoms with E-state index in [0.717, 1.165) is 5.75 Å². The predicted molar refractivity (Wildman–Crippen MR) is 81.1 cm³/mol. The summed E-state index contributed by atoms with van der Waals surface area (Å²) in [6, 6.07) is 7.73. The van der Waals surface area contributed by atoms with Crippen LogP contribution >= 0.6 is 0 Å². The van der Waals surface area contributed by atoms with Crippen molar-refractivity contribution in [1.29, 1.82) is 0 Å². The van der Waals surface area contributed by atoms with E-state index in [1.807, 2.05) is 45.0 Å². The van der Waals surface area contributed by atoms with Crippen LogP contribution in [-0.2, 0) is 0 Å². The van der Waals surface area contributed by atoms with Gasteiger partial charge in [-0.2, -0.15) is 0 Å². The highest BCUT2D eigenvalue weighted by atomic mass is 16.5. The molecule has 0 aliphatic heterocycles. The molecular formula is C16H27NO3. The fourth-order valence-electron chi connectivity index (χ4n) is 1.86. The van der Waals surface area contributed by atoms with Gasteiger partial charge in [-0.3, -0.25) is 0 Å². The molecule has 114 valence electrons. The molecule has 0 fully saturated rings. The van der Waals surface area contributed by atoms with Crippen molar-refractivity contribution in [3.63, 3.8) is 0 Å². The first-order valence-electron chi connectivity index (χ1n) is 7.29. The van der Waals surface area contributed by atoms with Crippen LogP contribution in [0.1, 0.15) is 32.3 Å². The van der Waals surface area contributed by atoms with E-state index in [0.29, 0.717) is 25.9 Å². The smallest absolute Gasteiger partial charge is 0.119 e. The fourth-order valence-corrected chi connectivity index (χ4v) is 1.86. The predicted octanol–water partition coefficient (Wildman–Crippen LogP) is 1.88. The Labute approximate surface area is 121 Å². The maximum absolute atomic E-state index is 10.1. The van der Waals surface area contributed by atoms with Crippen LogP contribution in [0.3, 0.4) is 0 Å². The fraction of sp³-hybridized carbons (Fsp3) is 0.625. The third kappa shape index (κ3) is 5.90. The summed E-state index contributed by atoms with van der Waals surface area (Å²) in [6.07, 6.45) is 0.813. The van der Waals surface area contributed by atoms with Gasteiger partial charge in [-0.1, -0.05) is 31.5 Å². The maximum Gasteiger partial charge on any atom is 0.119 e. The van der Waals surface area contributed by atoms with E-state index >= 15 is 0 Å². The molecule has 0 saturated heterocycles. The van der Waals surface area contributed by atoms with Gasteiger partial charge in [0.1, 0.15) is 18.5 Å². The maximum atomic E-state index is 10.1. The number of hydrogen-bond acceptors (Lipinski definition) is 4. The Morgan fingerprint density at radius 3 is 2.35 bits per heavy atom. The van der Waals surface area contributed by atoms with Gasteiger partial charge in [-0.15, -0.1) is 0 Å². The Kier molecular flexibility index (Phi) is 6.99. The van der Waals surface area contributed by atoms with Crippen LogP contribution in [0.2, 0.25) is 0 Å². The topological polar surface area (TPSA) is 61.7 Å². The molecule has 1 atom stereocenters. The zero-order valence-electron chi connectivity index (χ0n) is 12.7. The van der Waals surface area contributed by atoms with Crippen molar-refractivity contribution in [2.75, 3.05) is 19.7 Å². The first-order chi connectivity index (χ1) is 9.49. The Balaban J connectivity index is 2.23. The molecule has 0 radical (unpaired) electrons. The van der Waals surface area contributed by atoms with Crippen molar-refractivity contribution < 1.29 is 14.9 Å². The summed E-state index contributed by atoms with van der Waals surface area (Å²) in [5.41, 5.74) is 0.496. The average molecular weight is 281 g/mol. The number of nitrogens with one attached hydrogen (secondary N) is 1. The summed E-state index contributed by atoms with van der Waals surface area (Å²) in [6.45, 7) is 7.08. The number of rotatable bonds is 9. The number of aliphatic hydroxyl groups is 2. The molecule has 1 unspecified atom stereocenters. The van der Waals surface area contributed by atoms with Crippen LogP contribution in [0.25, 0.3) is 0 Å². The summed E-state index contributed by atoms with van der Waals surface area (Å²) < 4.78 is 5.51. The molecule has 4 nitrogen and oxygen atoms in total. The number of aryl methyl sites for hydroxylation is 1. The molecule has 4 heteroatoms. The molecule has 0 aliphatic rings. The SMILES string of the molecule is CCC(O)(CC)CNCC(O)COc1ccc(C)cc1.